The smallest absolute Gasteiger partial charge is 0.387 e. The topological polar surface area (TPSA) is 35.2 Å². The third-order valence-electron chi connectivity index (χ3n) is 2.70. The standard InChI is InChI=1S/C14H11F4NO/c15-11-5-10(6-12(16)13(11)20-14(17)18)9-3-1-2-8(4-9)7-19/h1-6,14H,7,19H2. The molecule has 0 saturated carbocycles. The summed E-state index contributed by atoms with van der Waals surface area (Å²) in [7, 11) is 0. The van der Waals surface area contributed by atoms with Gasteiger partial charge in [0, 0.05) is 6.54 Å². The van der Waals surface area contributed by atoms with Crippen molar-refractivity contribution in [2.24, 2.45) is 5.73 Å². The maximum Gasteiger partial charge on any atom is 0.387 e. The van der Waals surface area contributed by atoms with Gasteiger partial charge in [-0.1, -0.05) is 18.2 Å². The lowest BCUT2D eigenvalue weighted by atomic mass is 10.0. The first-order valence-corrected chi connectivity index (χ1v) is 5.74. The van der Waals surface area contributed by atoms with E-state index in [-0.39, 0.29) is 12.1 Å². The summed E-state index contributed by atoms with van der Waals surface area (Å²) < 4.78 is 55.1. The molecule has 0 aliphatic heterocycles. The van der Waals surface area contributed by atoms with Gasteiger partial charge in [-0.15, -0.1) is 0 Å². The van der Waals surface area contributed by atoms with Crippen LogP contribution in [0.25, 0.3) is 11.1 Å². The number of hydrogen-bond acceptors (Lipinski definition) is 2. The molecule has 2 nitrogen and oxygen atoms in total. The van der Waals surface area contributed by atoms with E-state index >= 15 is 0 Å². The van der Waals surface area contributed by atoms with Gasteiger partial charge in [0.15, 0.2) is 17.4 Å². The van der Waals surface area contributed by atoms with E-state index in [4.69, 9.17) is 5.73 Å². The van der Waals surface area contributed by atoms with Crippen molar-refractivity contribution in [1.82, 2.24) is 0 Å². The molecule has 0 heterocycles. The Morgan fingerprint density at radius 2 is 1.65 bits per heavy atom. The monoisotopic (exact) mass is 285 g/mol. The molecule has 0 fully saturated rings. The van der Waals surface area contributed by atoms with E-state index in [0.29, 0.717) is 5.56 Å². The predicted octanol–water partition coefficient (Wildman–Crippen LogP) is 3.69. The molecular weight excluding hydrogens is 274 g/mol. The van der Waals surface area contributed by atoms with Crippen LogP contribution < -0.4 is 10.5 Å². The van der Waals surface area contributed by atoms with Gasteiger partial charge in [-0.05, 0) is 34.9 Å². The Kier molecular flexibility index (Phi) is 4.24. The van der Waals surface area contributed by atoms with Gasteiger partial charge in [0.1, 0.15) is 0 Å². The highest BCUT2D eigenvalue weighted by Gasteiger charge is 2.17. The van der Waals surface area contributed by atoms with E-state index in [1.807, 2.05) is 0 Å². The SMILES string of the molecule is NCc1cccc(-c2cc(F)c(OC(F)F)c(F)c2)c1. The van der Waals surface area contributed by atoms with Crippen LogP contribution in [0.2, 0.25) is 0 Å². The molecular formula is C14H11F4NO. The molecule has 0 atom stereocenters. The van der Waals surface area contributed by atoms with Crippen molar-refractivity contribution in [2.45, 2.75) is 13.2 Å². The number of alkyl halides is 2. The average Bonchev–Trinajstić information content (AvgIpc) is 2.42. The second-order valence-corrected chi connectivity index (χ2v) is 4.05. The molecule has 20 heavy (non-hydrogen) atoms. The fourth-order valence-corrected chi connectivity index (χ4v) is 1.81. The van der Waals surface area contributed by atoms with Crippen LogP contribution in [0.15, 0.2) is 36.4 Å². The Balaban J connectivity index is 2.43. The van der Waals surface area contributed by atoms with E-state index < -0.39 is 24.0 Å². The highest BCUT2D eigenvalue weighted by Crippen LogP contribution is 2.30. The lowest BCUT2D eigenvalue weighted by molar-refractivity contribution is -0.0546. The summed E-state index contributed by atoms with van der Waals surface area (Å²) in [4.78, 5) is 0. The Morgan fingerprint density at radius 1 is 1.00 bits per heavy atom. The Hall–Kier alpha value is -2.08. The predicted molar refractivity (Wildman–Crippen MR) is 66.3 cm³/mol. The molecule has 2 N–H and O–H groups in total. The maximum absolute atomic E-state index is 13.6. The zero-order chi connectivity index (χ0) is 14.7. The van der Waals surface area contributed by atoms with Crippen LogP contribution in [-0.2, 0) is 6.54 Å². The molecule has 2 aromatic carbocycles. The van der Waals surface area contributed by atoms with E-state index in [1.54, 1.807) is 24.3 Å². The Labute approximate surface area is 112 Å². The Morgan fingerprint density at radius 3 is 2.20 bits per heavy atom. The van der Waals surface area contributed by atoms with Gasteiger partial charge in [0.05, 0.1) is 0 Å². The van der Waals surface area contributed by atoms with E-state index in [2.05, 4.69) is 4.74 Å². The van der Waals surface area contributed by atoms with Crippen molar-refractivity contribution >= 4 is 0 Å². The molecule has 0 bridgehead atoms. The maximum atomic E-state index is 13.6. The first-order chi connectivity index (χ1) is 9.51. The zero-order valence-electron chi connectivity index (χ0n) is 10.2. The molecule has 6 heteroatoms. The van der Waals surface area contributed by atoms with Crippen molar-refractivity contribution < 1.29 is 22.3 Å². The van der Waals surface area contributed by atoms with Crippen LogP contribution in [-0.4, -0.2) is 6.61 Å². The molecule has 106 valence electrons. The molecule has 2 rings (SSSR count). The lowest BCUT2D eigenvalue weighted by Gasteiger charge is -2.10. The fourth-order valence-electron chi connectivity index (χ4n) is 1.81. The second kappa shape index (κ2) is 5.92. The minimum Gasteiger partial charge on any atom is -0.429 e. The van der Waals surface area contributed by atoms with Gasteiger partial charge in [0.2, 0.25) is 0 Å². The number of rotatable bonds is 4. The molecule has 0 aromatic heterocycles. The Bertz CT molecular complexity index is 593. The van der Waals surface area contributed by atoms with E-state index in [0.717, 1.165) is 17.7 Å². The molecule has 0 aliphatic rings. The first kappa shape index (κ1) is 14.3. The summed E-state index contributed by atoms with van der Waals surface area (Å²) in [6.07, 6.45) is 0. The summed E-state index contributed by atoms with van der Waals surface area (Å²) in [5, 5.41) is 0. The van der Waals surface area contributed by atoms with Gasteiger partial charge >= 0.3 is 6.61 Å². The second-order valence-electron chi connectivity index (χ2n) is 4.05. The van der Waals surface area contributed by atoms with Crippen LogP contribution in [0.3, 0.4) is 0 Å². The van der Waals surface area contributed by atoms with Crippen molar-refractivity contribution in [1.29, 1.82) is 0 Å². The van der Waals surface area contributed by atoms with Crippen LogP contribution in [0.5, 0.6) is 5.75 Å². The van der Waals surface area contributed by atoms with Gasteiger partial charge in [0.25, 0.3) is 0 Å². The van der Waals surface area contributed by atoms with Crippen molar-refractivity contribution in [3.8, 4) is 16.9 Å². The molecule has 0 radical (unpaired) electrons. The third-order valence-corrected chi connectivity index (χ3v) is 2.70. The molecule has 0 saturated heterocycles. The molecule has 0 spiro atoms. The number of nitrogens with two attached hydrogens (primary N) is 1. The van der Waals surface area contributed by atoms with E-state index in [1.165, 1.54) is 0 Å². The minimum atomic E-state index is -3.29. The third kappa shape index (κ3) is 3.08. The van der Waals surface area contributed by atoms with Crippen LogP contribution in [0.4, 0.5) is 17.6 Å². The van der Waals surface area contributed by atoms with Crippen molar-refractivity contribution in [3.05, 3.63) is 53.6 Å². The first-order valence-electron chi connectivity index (χ1n) is 5.74. The highest BCUT2D eigenvalue weighted by atomic mass is 19.3. The molecule has 0 aliphatic carbocycles. The molecule has 0 unspecified atom stereocenters. The van der Waals surface area contributed by atoms with Gasteiger partial charge < -0.3 is 10.5 Å². The summed E-state index contributed by atoms with van der Waals surface area (Å²) in [6.45, 7) is -3.00. The van der Waals surface area contributed by atoms with Crippen LogP contribution in [0.1, 0.15) is 5.56 Å². The van der Waals surface area contributed by atoms with Crippen molar-refractivity contribution in [2.75, 3.05) is 0 Å². The summed E-state index contributed by atoms with van der Waals surface area (Å²) in [5.41, 5.74) is 7.03. The molecule has 0 amide bonds. The highest BCUT2D eigenvalue weighted by molar-refractivity contribution is 5.65. The van der Waals surface area contributed by atoms with Gasteiger partial charge in [-0.3, -0.25) is 0 Å². The minimum absolute atomic E-state index is 0.219. The number of halogens is 4. The number of benzene rings is 2. The van der Waals surface area contributed by atoms with Crippen LogP contribution >= 0.6 is 0 Å². The van der Waals surface area contributed by atoms with E-state index in [9.17, 15) is 17.6 Å². The summed E-state index contributed by atoms with van der Waals surface area (Å²) >= 11 is 0. The summed E-state index contributed by atoms with van der Waals surface area (Å²) in [5.74, 6) is -3.45. The number of ether oxygens (including phenoxy) is 1. The quantitative estimate of drug-likeness (QED) is 0.869. The number of hydrogen-bond donors (Lipinski definition) is 1. The lowest BCUT2D eigenvalue weighted by Crippen LogP contribution is -2.06. The molecule has 2 aromatic rings. The summed E-state index contributed by atoms with van der Waals surface area (Å²) in [6, 6.07) is 8.65. The zero-order valence-corrected chi connectivity index (χ0v) is 10.2. The largest absolute Gasteiger partial charge is 0.429 e. The van der Waals surface area contributed by atoms with Gasteiger partial charge in [-0.2, -0.15) is 8.78 Å². The average molecular weight is 285 g/mol. The normalized spacial score (nSPS) is 10.9. The van der Waals surface area contributed by atoms with Crippen LogP contribution in [0, 0.1) is 11.6 Å². The van der Waals surface area contributed by atoms with Gasteiger partial charge in [-0.25, -0.2) is 8.78 Å². The fraction of sp³-hybridized carbons (Fsp3) is 0.143. The van der Waals surface area contributed by atoms with Crippen molar-refractivity contribution in [3.63, 3.8) is 0 Å².